The average Bonchev–Trinajstić information content (AvgIpc) is 3.61. The van der Waals surface area contributed by atoms with Gasteiger partial charge in [-0.15, -0.1) is 11.3 Å². The fourth-order valence-electron chi connectivity index (χ4n) is 9.31. The van der Waals surface area contributed by atoms with Crippen LogP contribution in [0.2, 0.25) is 0 Å². The maximum atomic E-state index is 14.5. The molecule has 1 aliphatic heterocycles. The van der Waals surface area contributed by atoms with E-state index in [0.29, 0.717) is 6.42 Å². The number of nitrogens with zero attached hydrogens (tertiary/aromatic N) is 1. The summed E-state index contributed by atoms with van der Waals surface area (Å²) in [6, 6.07) is 5.84. The van der Waals surface area contributed by atoms with Crippen LogP contribution in [0.15, 0.2) is 46.3 Å². The van der Waals surface area contributed by atoms with Crippen molar-refractivity contribution in [2.45, 2.75) is 87.7 Å². The van der Waals surface area contributed by atoms with Crippen LogP contribution in [0.25, 0.3) is 10.2 Å². The number of allylic oxidation sites excluding steroid dienone is 4. The summed E-state index contributed by atoms with van der Waals surface area (Å²) in [5.41, 5.74) is -0.0368. The molecule has 0 spiro atoms. The number of fused-ring (bicyclic) bond motifs is 8. The van der Waals surface area contributed by atoms with E-state index in [-0.39, 0.29) is 46.6 Å². The molecule has 0 bridgehead atoms. The molecule has 0 amide bonds. The van der Waals surface area contributed by atoms with Crippen LogP contribution in [-0.4, -0.2) is 58.6 Å². The van der Waals surface area contributed by atoms with E-state index in [1.165, 1.54) is 11.8 Å². The van der Waals surface area contributed by atoms with E-state index in [4.69, 9.17) is 19.2 Å². The van der Waals surface area contributed by atoms with Crippen molar-refractivity contribution in [3.05, 3.63) is 42.0 Å². The second kappa shape index (κ2) is 10.3. The molecule has 1 saturated heterocycles. The summed E-state index contributed by atoms with van der Waals surface area (Å²) in [4.78, 5) is 31.5. The number of methoxy groups -OCH3 is 1. The van der Waals surface area contributed by atoms with E-state index < -0.39 is 23.4 Å². The van der Waals surface area contributed by atoms with Crippen molar-refractivity contribution < 1.29 is 28.9 Å². The number of thiazole rings is 1. The SMILES string of the molecule is CCC[C@@H]1O[C@@H]2CC3C4CCC5=CC(=O)C=CC5(C)C4C(O)CC3(C)[C@]2(C(=O)CSc2nc3cc(OC)ccc3s2)O1. The number of hydrogen-bond donors (Lipinski definition) is 1. The lowest BCUT2D eigenvalue weighted by Crippen LogP contribution is -2.63. The van der Waals surface area contributed by atoms with E-state index >= 15 is 0 Å². The predicted octanol–water partition coefficient (Wildman–Crippen LogP) is 6.14. The van der Waals surface area contributed by atoms with Crippen LogP contribution in [0, 0.1) is 28.6 Å². The van der Waals surface area contributed by atoms with Crippen LogP contribution in [0.5, 0.6) is 5.75 Å². The molecule has 4 aliphatic carbocycles. The third kappa shape index (κ3) is 4.06. The van der Waals surface area contributed by atoms with Crippen LogP contribution in [-0.2, 0) is 19.1 Å². The Labute approximate surface area is 255 Å². The minimum Gasteiger partial charge on any atom is -0.497 e. The first-order chi connectivity index (χ1) is 20.1. The first kappa shape index (κ1) is 28.7. The Hall–Kier alpha value is -2.04. The highest BCUT2D eigenvalue weighted by Crippen LogP contribution is 2.70. The second-order valence-electron chi connectivity index (χ2n) is 13.2. The van der Waals surface area contributed by atoms with Crippen molar-refractivity contribution in [1.29, 1.82) is 0 Å². The molecule has 1 N–H and O–H groups in total. The van der Waals surface area contributed by atoms with Crippen LogP contribution in [0.3, 0.4) is 0 Å². The normalized spacial score (nSPS) is 40.3. The third-order valence-electron chi connectivity index (χ3n) is 11.1. The zero-order valence-electron chi connectivity index (χ0n) is 24.6. The minimum absolute atomic E-state index is 0.00791. The highest BCUT2D eigenvalue weighted by Gasteiger charge is 2.75. The van der Waals surface area contributed by atoms with Crippen molar-refractivity contribution in [3.8, 4) is 5.75 Å². The average molecular weight is 610 g/mol. The summed E-state index contributed by atoms with van der Waals surface area (Å²) >= 11 is 3.04. The number of Topliss-reactive ketones (excluding diaryl/α,β-unsaturated/α-hetero) is 1. The van der Waals surface area contributed by atoms with Gasteiger partial charge in [-0.25, -0.2) is 4.98 Å². The summed E-state index contributed by atoms with van der Waals surface area (Å²) in [5, 5.41) is 11.9. The van der Waals surface area contributed by atoms with Gasteiger partial charge < -0.3 is 19.3 Å². The zero-order chi connectivity index (χ0) is 29.4. The van der Waals surface area contributed by atoms with Crippen LogP contribution < -0.4 is 4.74 Å². The van der Waals surface area contributed by atoms with Gasteiger partial charge in [-0.05, 0) is 68.2 Å². The van der Waals surface area contributed by atoms with Crippen LogP contribution in [0.4, 0.5) is 0 Å². The van der Waals surface area contributed by atoms with Gasteiger partial charge in [0, 0.05) is 22.8 Å². The molecule has 224 valence electrons. The number of carbonyl (C=O) groups excluding carboxylic acids is 2. The lowest BCUT2D eigenvalue weighted by Gasteiger charge is -2.59. The molecular weight excluding hydrogens is 570 g/mol. The first-order valence-corrected chi connectivity index (χ1v) is 17.0. The molecular formula is C33H39NO6S2. The maximum Gasteiger partial charge on any atom is 0.178 e. The van der Waals surface area contributed by atoms with Gasteiger partial charge in [-0.2, -0.15) is 0 Å². The highest BCUT2D eigenvalue weighted by atomic mass is 32.2. The summed E-state index contributed by atoms with van der Waals surface area (Å²) in [6.45, 7) is 6.45. The predicted molar refractivity (Wildman–Crippen MR) is 163 cm³/mol. The van der Waals surface area contributed by atoms with E-state index in [0.717, 1.165) is 58.0 Å². The van der Waals surface area contributed by atoms with Gasteiger partial charge in [0.1, 0.15) is 5.75 Å². The van der Waals surface area contributed by atoms with Gasteiger partial charge in [0.2, 0.25) is 0 Å². The molecule has 42 heavy (non-hydrogen) atoms. The Kier molecular flexibility index (Phi) is 7.02. The lowest BCUT2D eigenvalue weighted by atomic mass is 9.46. The third-order valence-corrected chi connectivity index (χ3v) is 13.3. The molecule has 7 rings (SSSR count). The molecule has 1 aromatic carbocycles. The monoisotopic (exact) mass is 609 g/mol. The topological polar surface area (TPSA) is 95.0 Å². The number of benzene rings is 1. The van der Waals surface area contributed by atoms with Gasteiger partial charge in [-0.3, -0.25) is 9.59 Å². The number of aromatic nitrogens is 1. The number of thioether (sulfide) groups is 1. The van der Waals surface area contributed by atoms with E-state index in [9.17, 15) is 14.7 Å². The van der Waals surface area contributed by atoms with Gasteiger partial charge in [0.15, 0.2) is 27.8 Å². The van der Waals surface area contributed by atoms with Crippen LogP contribution in [0.1, 0.15) is 59.3 Å². The molecule has 0 radical (unpaired) electrons. The van der Waals surface area contributed by atoms with Gasteiger partial charge in [0.05, 0.1) is 35.3 Å². The van der Waals surface area contributed by atoms with Crippen molar-refractivity contribution in [2.75, 3.05) is 12.9 Å². The number of carbonyl (C=O) groups is 2. The highest BCUT2D eigenvalue weighted by molar-refractivity contribution is 8.01. The number of aliphatic hydroxyl groups excluding tert-OH is 1. The summed E-state index contributed by atoms with van der Waals surface area (Å²) in [5.74, 6) is 1.43. The standard InChI is InChI=1S/C33H39NO6S2/c1-5-6-28-39-27-15-22-21-9-7-18-13-19(35)11-12-31(18,2)29(21)24(36)16-32(22,3)33(27,40-28)26(37)17-41-30-34-23-14-20(38-4)8-10-25(23)42-30/h8,10-14,21-22,24,27-29,36H,5-7,9,15-17H2,1-4H3/t21?,22?,24?,27-,28-,29?,31?,32?,33-/m1/s1. The summed E-state index contributed by atoms with van der Waals surface area (Å²) in [7, 11) is 1.64. The molecule has 6 unspecified atom stereocenters. The quantitative estimate of drug-likeness (QED) is 0.375. The first-order valence-electron chi connectivity index (χ1n) is 15.2. The van der Waals surface area contributed by atoms with E-state index in [1.54, 1.807) is 30.6 Å². The summed E-state index contributed by atoms with van der Waals surface area (Å²) < 4.78 is 20.6. The Morgan fingerprint density at radius 1 is 1.31 bits per heavy atom. The number of aliphatic hydroxyl groups is 1. The van der Waals surface area contributed by atoms with Gasteiger partial charge >= 0.3 is 0 Å². The van der Waals surface area contributed by atoms with E-state index in [1.807, 2.05) is 24.3 Å². The molecule has 1 aromatic heterocycles. The molecule has 2 heterocycles. The largest absolute Gasteiger partial charge is 0.497 e. The minimum atomic E-state index is -1.11. The lowest BCUT2D eigenvalue weighted by molar-refractivity contribution is -0.197. The maximum absolute atomic E-state index is 14.5. The fourth-order valence-corrected chi connectivity index (χ4v) is 11.3. The van der Waals surface area contributed by atoms with E-state index in [2.05, 4.69) is 20.8 Å². The number of ketones is 2. The number of hydrogen-bond acceptors (Lipinski definition) is 9. The van der Waals surface area contributed by atoms with Crippen molar-refractivity contribution >= 4 is 44.9 Å². The van der Waals surface area contributed by atoms with Gasteiger partial charge in [0.25, 0.3) is 0 Å². The Balaban J connectivity index is 1.20. The number of ether oxygens (including phenoxy) is 3. The summed E-state index contributed by atoms with van der Waals surface area (Å²) in [6.07, 6.45) is 8.68. The van der Waals surface area contributed by atoms with Crippen molar-refractivity contribution in [3.63, 3.8) is 0 Å². The molecule has 3 saturated carbocycles. The molecule has 9 heteroatoms. The smallest absolute Gasteiger partial charge is 0.178 e. The molecule has 7 nitrogen and oxygen atoms in total. The Morgan fingerprint density at radius 2 is 2.14 bits per heavy atom. The Morgan fingerprint density at radius 3 is 2.93 bits per heavy atom. The zero-order valence-corrected chi connectivity index (χ0v) is 26.3. The van der Waals surface area contributed by atoms with Crippen molar-refractivity contribution in [1.82, 2.24) is 4.98 Å². The fraction of sp³-hybridized carbons (Fsp3) is 0.606. The molecule has 5 aliphatic rings. The Bertz CT molecular complexity index is 1500. The molecule has 4 fully saturated rings. The second-order valence-corrected chi connectivity index (χ2v) is 15.4. The van der Waals surface area contributed by atoms with Crippen LogP contribution >= 0.6 is 23.1 Å². The van der Waals surface area contributed by atoms with Gasteiger partial charge in [-0.1, -0.05) is 50.6 Å². The number of rotatable bonds is 7. The molecule has 9 atom stereocenters. The molecule has 2 aromatic rings. The van der Waals surface area contributed by atoms with Crippen molar-refractivity contribution in [2.24, 2.45) is 28.6 Å².